The highest BCUT2D eigenvalue weighted by Crippen LogP contribution is 2.34. The van der Waals surface area contributed by atoms with Crippen LogP contribution < -0.4 is 10.4 Å². The molecule has 1 heterocycles. The van der Waals surface area contributed by atoms with Crippen molar-refractivity contribution in [3.05, 3.63) is 75.1 Å². The van der Waals surface area contributed by atoms with Gasteiger partial charge >= 0.3 is 11.6 Å². The van der Waals surface area contributed by atoms with Gasteiger partial charge in [-0.3, -0.25) is 0 Å². The van der Waals surface area contributed by atoms with E-state index in [1.807, 2.05) is 13.0 Å². The Hall–Kier alpha value is -2.79. The van der Waals surface area contributed by atoms with Gasteiger partial charge in [0, 0.05) is 23.1 Å². The second-order valence-electron chi connectivity index (χ2n) is 6.05. The monoisotopic (exact) mass is 386 g/mol. The molecule has 1 atom stereocenters. The first-order valence-corrected chi connectivity index (χ1v) is 8.97. The van der Waals surface area contributed by atoms with Crippen LogP contribution in [-0.4, -0.2) is 13.1 Å². The molecule has 0 bridgehead atoms. The third-order valence-electron chi connectivity index (χ3n) is 4.16. The van der Waals surface area contributed by atoms with Gasteiger partial charge in [0.2, 0.25) is 6.10 Å². The van der Waals surface area contributed by atoms with Crippen LogP contribution in [0.15, 0.2) is 57.7 Å². The lowest BCUT2D eigenvalue weighted by Gasteiger charge is -2.18. The van der Waals surface area contributed by atoms with Gasteiger partial charge in [0.05, 0.1) is 12.1 Å². The zero-order valence-corrected chi connectivity index (χ0v) is 15.8. The molecular formula is C21H19ClO5. The first-order valence-electron chi connectivity index (χ1n) is 8.59. The average Bonchev–Trinajstić information content (AvgIpc) is 2.67. The summed E-state index contributed by atoms with van der Waals surface area (Å²) in [6.07, 6.45) is 0.622. The van der Waals surface area contributed by atoms with E-state index in [1.165, 1.54) is 19.2 Å². The maximum atomic E-state index is 12.2. The van der Waals surface area contributed by atoms with Crippen molar-refractivity contribution in [1.82, 2.24) is 0 Å². The van der Waals surface area contributed by atoms with Gasteiger partial charge in [-0.2, -0.15) is 0 Å². The number of hydrogen-bond donors (Lipinski definition) is 0. The van der Waals surface area contributed by atoms with Gasteiger partial charge in [0.15, 0.2) is 0 Å². The fraction of sp³-hybridized carbons (Fsp3) is 0.238. The first kappa shape index (κ1) is 19.0. The summed E-state index contributed by atoms with van der Waals surface area (Å²) < 4.78 is 16.0. The molecule has 0 spiro atoms. The Labute approximate surface area is 161 Å². The molecule has 0 N–H and O–H groups in total. The Bertz CT molecular complexity index is 1010. The number of hydrogen-bond acceptors (Lipinski definition) is 5. The molecule has 0 unspecified atom stereocenters. The van der Waals surface area contributed by atoms with E-state index in [0.717, 1.165) is 23.8 Å². The highest BCUT2D eigenvalue weighted by molar-refractivity contribution is 6.32. The van der Waals surface area contributed by atoms with Crippen LogP contribution in [0.2, 0.25) is 5.02 Å². The topological polar surface area (TPSA) is 65.7 Å². The minimum Gasteiger partial charge on any atom is -0.472 e. The molecule has 0 radical (unpaired) electrons. The van der Waals surface area contributed by atoms with Crippen molar-refractivity contribution in [2.45, 2.75) is 25.9 Å². The lowest BCUT2D eigenvalue weighted by Crippen LogP contribution is -2.20. The van der Waals surface area contributed by atoms with Crippen LogP contribution in [0.5, 0.6) is 5.75 Å². The molecule has 6 heteroatoms. The molecule has 0 amide bonds. The Balaban J connectivity index is 2.06. The van der Waals surface area contributed by atoms with Gasteiger partial charge < -0.3 is 13.9 Å². The Morgan fingerprint density at radius 2 is 1.93 bits per heavy atom. The molecule has 27 heavy (non-hydrogen) atoms. The number of esters is 1. The highest BCUT2D eigenvalue weighted by Gasteiger charge is 2.25. The Kier molecular flexibility index (Phi) is 5.81. The summed E-state index contributed by atoms with van der Waals surface area (Å²) >= 11 is 6.40. The van der Waals surface area contributed by atoms with E-state index in [1.54, 1.807) is 30.3 Å². The van der Waals surface area contributed by atoms with Gasteiger partial charge in [0.25, 0.3) is 0 Å². The van der Waals surface area contributed by atoms with Crippen LogP contribution in [0.3, 0.4) is 0 Å². The fourth-order valence-electron chi connectivity index (χ4n) is 2.91. The van der Waals surface area contributed by atoms with E-state index in [-0.39, 0.29) is 5.75 Å². The third kappa shape index (κ3) is 4.14. The lowest BCUT2D eigenvalue weighted by atomic mass is 10.1. The summed E-state index contributed by atoms with van der Waals surface area (Å²) in [6.45, 7) is 2.03. The van der Waals surface area contributed by atoms with Gasteiger partial charge in [0.1, 0.15) is 11.3 Å². The van der Waals surface area contributed by atoms with E-state index in [9.17, 15) is 9.59 Å². The van der Waals surface area contributed by atoms with Crippen LogP contribution in [0.4, 0.5) is 0 Å². The molecule has 3 aromatic rings. The van der Waals surface area contributed by atoms with Gasteiger partial charge in [-0.05, 0) is 18.1 Å². The van der Waals surface area contributed by atoms with E-state index in [0.29, 0.717) is 16.2 Å². The Morgan fingerprint density at radius 3 is 2.59 bits per heavy atom. The normalized spacial score (nSPS) is 12.0. The maximum Gasteiger partial charge on any atom is 0.351 e. The first-order chi connectivity index (χ1) is 13.0. The van der Waals surface area contributed by atoms with Crippen LogP contribution in [0, 0.1) is 0 Å². The number of fused-ring (bicyclic) bond motifs is 1. The molecule has 1 aromatic heterocycles. The number of rotatable bonds is 6. The van der Waals surface area contributed by atoms with E-state index >= 15 is 0 Å². The van der Waals surface area contributed by atoms with Crippen molar-refractivity contribution in [3.63, 3.8) is 0 Å². The largest absolute Gasteiger partial charge is 0.472 e. The molecule has 0 fully saturated rings. The van der Waals surface area contributed by atoms with Crippen molar-refractivity contribution in [2.24, 2.45) is 0 Å². The number of benzene rings is 2. The number of carbonyl (C=O) groups excluding carboxylic acids is 1. The summed E-state index contributed by atoms with van der Waals surface area (Å²) in [5.74, 6) is -0.321. The van der Waals surface area contributed by atoms with Crippen molar-refractivity contribution >= 4 is 28.5 Å². The molecule has 0 saturated heterocycles. The highest BCUT2D eigenvalue weighted by atomic mass is 35.5. The van der Waals surface area contributed by atoms with E-state index < -0.39 is 17.7 Å². The van der Waals surface area contributed by atoms with Gasteiger partial charge in [-0.1, -0.05) is 55.3 Å². The van der Waals surface area contributed by atoms with Crippen molar-refractivity contribution in [1.29, 1.82) is 0 Å². The third-order valence-corrected chi connectivity index (χ3v) is 4.46. The van der Waals surface area contributed by atoms with Crippen molar-refractivity contribution < 1.29 is 18.7 Å². The van der Waals surface area contributed by atoms with Crippen LogP contribution >= 0.6 is 11.6 Å². The number of ether oxygens (including phenoxy) is 2. The number of aryl methyl sites for hydroxylation is 1. The van der Waals surface area contributed by atoms with Crippen LogP contribution in [0.1, 0.15) is 30.6 Å². The number of carbonyl (C=O) groups is 1. The molecule has 5 nitrogen and oxygen atoms in total. The minimum absolute atomic E-state index is 0.236. The van der Waals surface area contributed by atoms with Crippen LogP contribution in [-0.2, 0) is 16.0 Å². The molecule has 0 aliphatic rings. The molecule has 0 aliphatic carbocycles. The van der Waals surface area contributed by atoms with E-state index in [2.05, 4.69) is 0 Å². The summed E-state index contributed by atoms with van der Waals surface area (Å²) in [4.78, 5) is 24.1. The second-order valence-corrected chi connectivity index (χ2v) is 6.46. The maximum absolute atomic E-state index is 12.2. The SMILES string of the molecule is CCCc1cc(=O)oc2cc(O[C@@H](C(=O)OC)c3ccccc3)c(Cl)cc12. The second kappa shape index (κ2) is 8.27. The van der Waals surface area contributed by atoms with Crippen molar-refractivity contribution in [3.8, 4) is 5.75 Å². The molecular weight excluding hydrogens is 368 g/mol. The molecule has 0 saturated carbocycles. The molecule has 3 rings (SSSR count). The zero-order chi connectivity index (χ0) is 19.4. The lowest BCUT2D eigenvalue weighted by molar-refractivity contribution is -0.149. The predicted molar refractivity (Wildman–Crippen MR) is 103 cm³/mol. The minimum atomic E-state index is -0.989. The summed E-state index contributed by atoms with van der Waals surface area (Å²) in [7, 11) is 1.29. The molecule has 2 aromatic carbocycles. The standard InChI is InChI=1S/C21H19ClO5/c1-3-7-14-10-19(23)26-17-12-18(16(22)11-15(14)17)27-20(21(24)25-2)13-8-5-4-6-9-13/h4-6,8-12,20H,3,7H2,1-2H3/t20-/m1/s1. The van der Waals surface area contributed by atoms with Crippen LogP contribution in [0.25, 0.3) is 11.0 Å². The zero-order valence-electron chi connectivity index (χ0n) is 15.0. The quantitative estimate of drug-likeness (QED) is 0.454. The fourth-order valence-corrected chi connectivity index (χ4v) is 3.12. The Morgan fingerprint density at radius 1 is 1.19 bits per heavy atom. The summed E-state index contributed by atoms with van der Waals surface area (Å²) in [5, 5.41) is 1.07. The molecule has 0 aliphatic heterocycles. The summed E-state index contributed by atoms with van der Waals surface area (Å²) in [5.41, 5.74) is 1.42. The number of methoxy groups -OCH3 is 1. The average molecular weight is 387 g/mol. The summed E-state index contributed by atoms with van der Waals surface area (Å²) in [6, 6.07) is 13.7. The molecule has 140 valence electrons. The number of halogens is 1. The van der Waals surface area contributed by atoms with E-state index in [4.69, 9.17) is 25.5 Å². The predicted octanol–water partition coefficient (Wildman–Crippen LogP) is 4.69. The van der Waals surface area contributed by atoms with Crippen molar-refractivity contribution in [2.75, 3.05) is 7.11 Å². The van der Waals surface area contributed by atoms with Gasteiger partial charge in [-0.25, -0.2) is 9.59 Å². The smallest absolute Gasteiger partial charge is 0.351 e. The van der Waals surface area contributed by atoms with Gasteiger partial charge in [-0.15, -0.1) is 0 Å².